The minimum absolute atomic E-state index is 0.00606. The number of aliphatic hydroxyl groups is 1. The average Bonchev–Trinajstić information content (AvgIpc) is 2.52. The first-order chi connectivity index (χ1) is 7.11. The zero-order valence-corrected chi connectivity index (χ0v) is 8.73. The highest BCUT2D eigenvalue weighted by Gasteiger charge is 2.24. The molecule has 1 aromatic heterocycles. The highest BCUT2D eigenvalue weighted by molar-refractivity contribution is 5.59. The zero-order chi connectivity index (χ0) is 11.4. The van der Waals surface area contributed by atoms with Crippen molar-refractivity contribution in [1.82, 2.24) is 9.78 Å². The summed E-state index contributed by atoms with van der Waals surface area (Å²) in [5.41, 5.74) is 0.441. The van der Waals surface area contributed by atoms with Crippen molar-refractivity contribution < 1.29 is 10.0 Å². The monoisotopic (exact) mass is 214 g/mol. The maximum absolute atomic E-state index is 10.8. The summed E-state index contributed by atoms with van der Waals surface area (Å²) in [7, 11) is 1.63. The number of aryl methyl sites for hydroxylation is 2. The molecule has 1 heterocycles. The molecule has 0 aliphatic carbocycles. The van der Waals surface area contributed by atoms with Gasteiger partial charge in [-0.2, -0.15) is 5.10 Å². The molecule has 0 aromatic carbocycles. The van der Waals surface area contributed by atoms with Crippen LogP contribution in [0, 0.1) is 10.1 Å². The van der Waals surface area contributed by atoms with Gasteiger partial charge >= 0.3 is 5.69 Å². The Bertz CT molecular complexity index is 361. The van der Waals surface area contributed by atoms with E-state index in [0.29, 0.717) is 17.9 Å². The zero-order valence-electron chi connectivity index (χ0n) is 8.73. The molecular weight excluding hydrogens is 200 g/mol. The predicted octanol–water partition coefficient (Wildman–Crippen LogP) is 0.295. The van der Waals surface area contributed by atoms with Gasteiger partial charge in [0, 0.05) is 13.6 Å². The van der Waals surface area contributed by atoms with Gasteiger partial charge in [0.25, 0.3) is 0 Å². The number of rotatable bonds is 5. The molecule has 1 rings (SSSR count). The van der Waals surface area contributed by atoms with Gasteiger partial charge in [-0.05, 0) is 6.42 Å². The van der Waals surface area contributed by atoms with Crippen LogP contribution in [0.4, 0.5) is 11.5 Å². The van der Waals surface area contributed by atoms with E-state index in [1.165, 1.54) is 4.68 Å². The third-order valence-electron chi connectivity index (χ3n) is 2.01. The second kappa shape index (κ2) is 4.74. The number of aromatic nitrogens is 2. The van der Waals surface area contributed by atoms with Crippen molar-refractivity contribution in [3.63, 3.8) is 0 Å². The Kier molecular flexibility index (Phi) is 3.62. The van der Waals surface area contributed by atoms with Crippen LogP contribution in [0.15, 0.2) is 0 Å². The van der Waals surface area contributed by atoms with E-state index in [0.717, 1.165) is 0 Å². The molecule has 0 fully saturated rings. The number of nitrogens with zero attached hydrogens (tertiary/aromatic N) is 3. The van der Waals surface area contributed by atoms with Gasteiger partial charge in [0.05, 0.1) is 11.5 Å². The van der Waals surface area contributed by atoms with E-state index < -0.39 is 4.92 Å². The fourth-order valence-electron chi connectivity index (χ4n) is 1.37. The van der Waals surface area contributed by atoms with E-state index in [2.05, 4.69) is 10.4 Å². The molecule has 0 aliphatic heterocycles. The van der Waals surface area contributed by atoms with E-state index in [1.807, 2.05) is 6.92 Å². The van der Waals surface area contributed by atoms with Crippen LogP contribution in [0.5, 0.6) is 0 Å². The lowest BCUT2D eigenvalue weighted by molar-refractivity contribution is -0.384. The summed E-state index contributed by atoms with van der Waals surface area (Å²) in [6.45, 7) is 2.00. The van der Waals surface area contributed by atoms with Crippen molar-refractivity contribution in [1.29, 1.82) is 0 Å². The molecule has 0 radical (unpaired) electrons. The Balaban J connectivity index is 3.10. The summed E-state index contributed by atoms with van der Waals surface area (Å²) >= 11 is 0. The highest BCUT2D eigenvalue weighted by atomic mass is 16.6. The standard InChI is InChI=1S/C8H14N4O3/c1-3-6-7(12(14)15)8(9-4-5-13)11(2)10-6/h9,13H,3-5H2,1-2H3. The van der Waals surface area contributed by atoms with Crippen LogP contribution in [-0.2, 0) is 13.5 Å². The van der Waals surface area contributed by atoms with E-state index in [9.17, 15) is 10.1 Å². The van der Waals surface area contributed by atoms with Crippen molar-refractivity contribution in [2.45, 2.75) is 13.3 Å². The Labute approximate surface area is 86.9 Å². The fourth-order valence-corrected chi connectivity index (χ4v) is 1.37. The number of aliphatic hydroxyl groups excluding tert-OH is 1. The molecule has 0 bridgehead atoms. The second-order valence-corrected chi connectivity index (χ2v) is 3.03. The quantitative estimate of drug-likeness (QED) is 0.543. The third-order valence-corrected chi connectivity index (χ3v) is 2.01. The first kappa shape index (κ1) is 11.4. The molecule has 0 amide bonds. The summed E-state index contributed by atoms with van der Waals surface area (Å²) in [4.78, 5) is 10.4. The fraction of sp³-hybridized carbons (Fsp3) is 0.625. The Morgan fingerprint density at radius 2 is 2.33 bits per heavy atom. The average molecular weight is 214 g/mol. The topological polar surface area (TPSA) is 93.2 Å². The van der Waals surface area contributed by atoms with Gasteiger partial charge in [0.2, 0.25) is 5.82 Å². The molecule has 0 spiro atoms. The van der Waals surface area contributed by atoms with Gasteiger partial charge in [0.15, 0.2) is 0 Å². The molecule has 84 valence electrons. The van der Waals surface area contributed by atoms with Crippen LogP contribution in [0.2, 0.25) is 0 Å². The Morgan fingerprint density at radius 1 is 1.67 bits per heavy atom. The van der Waals surface area contributed by atoms with Crippen molar-refractivity contribution in [2.24, 2.45) is 7.05 Å². The van der Waals surface area contributed by atoms with E-state index in [4.69, 9.17) is 5.11 Å². The molecule has 15 heavy (non-hydrogen) atoms. The minimum atomic E-state index is -0.453. The van der Waals surface area contributed by atoms with Gasteiger partial charge in [-0.15, -0.1) is 0 Å². The maximum atomic E-state index is 10.8. The summed E-state index contributed by atoms with van der Waals surface area (Å²) in [5.74, 6) is 0.339. The largest absolute Gasteiger partial charge is 0.395 e. The lowest BCUT2D eigenvalue weighted by atomic mass is 10.3. The summed E-state index contributed by atoms with van der Waals surface area (Å²) in [6, 6.07) is 0. The molecule has 0 atom stereocenters. The van der Waals surface area contributed by atoms with Crippen LogP contribution in [-0.4, -0.2) is 33.0 Å². The predicted molar refractivity (Wildman–Crippen MR) is 54.8 cm³/mol. The minimum Gasteiger partial charge on any atom is -0.395 e. The summed E-state index contributed by atoms with van der Waals surface area (Å²) in [5, 5.41) is 26.3. The van der Waals surface area contributed by atoms with Gasteiger partial charge in [0.1, 0.15) is 5.69 Å². The lowest BCUT2D eigenvalue weighted by Gasteiger charge is -2.02. The molecule has 0 saturated carbocycles. The first-order valence-corrected chi connectivity index (χ1v) is 4.66. The van der Waals surface area contributed by atoms with E-state index in [1.54, 1.807) is 7.05 Å². The van der Waals surface area contributed by atoms with Crippen molar-refractivity contribution >= 4 is 11.5 Å². The lowest BCUT2D eigenvalue weighted by Crippen LogP contribution is -2.10. The summed E-state index contributed by atoms with van der Waals surface area (Å²) in [6.07, 6.45) is 0.505. The number of nitrogens with one attached hydrogen (secondary N) is 1. The Morgan fingerprint density at radius 3 is 2.80 bits per heavy atom. The molecule has 0 aliphatic rings. The van der Waals surface area contributed by atoms with Gasteiger partial charge < -0.3 is 10.4 Å². The van der Waals surface area contributed by atoms with Crippen molar-refractivity contribution in [3.05, 3.63) is 15.8 Å². The van der Waals surface area contributed by atoms with Gasteiger partial charge in [-0.1, -0.05) is 6.92 Å². The smallest absolute Gasteiger partial charge is 0.333 e. The van der Waals surface area contributed by atoms with E-state index in [-0.39, 0.29) is 18.8 Å². The highest BCUT2D eigenvalue weighted by Crippen LogP contribution is 2.27. The second-order valence-electron chi connectivity index (χ2n) is 3.03. The molecular formula is C8H14N4O3. The Hall–Kier alpha value is -1.63. The number of anilines is 1. The van der Waals surface area contributed by atoms with Gasteiger partial charge in [-0.25, -0.2) is 4.68 Å². The van der Waals surface area contributed by atoms with Crippen LogP contribution >= 0.6 is 0 Å². The normalized spacial score (nSPS) is 10.3. The van der Waals surface area contributed by atoms with Crippen LogP contribution in [0.3, 0.4) is 0 Å². The molecule has 0 saturated heterocycles. The summed E-state index contributed by atoms with van der Waals surface area (Å²) < 4.78 is 1.42. The number of nitro groups is 1. The SMILES string of the molecule is CCc1nn(C)c(NCCO)c1[N+](=O)[O-]. The molecule has 7 nitrogen and oxygen atoms in total. The van der Waals surface area contributed by atoms with Crippen LogP contribution < -0.4 is 5.32 Å². The van der Waals surface area contributed by atoms with Crippen molar-refractivity contribution in [3.8, 4) is 0 Å². The first-order valence-electron chi connectivity index (χ1n) is 4.66. The van der Waals surface area contributed by atoms with Crippen LogP contribution in [0.1, 0.15) is 12.6 Å². The molecule has 2 N–H and O–H groups in total. The number of hydrogen-bond donors (Lipinski definition) is 2. The third kappa shape index (κ3) is 2.24. The van der Waals surface area contributed by atoms with E-state index >= 15 is 0 Å². The van der Waals surface area contributed by atoms with Crippen LogP contribution in [0.25, 0.3) is 0 Å². The molecule has 7 heteroatoms. The molecule has 1 aromatic rings. The van der Waals surface area contributed by atoms with Gasteiger partial charge in [-0.3, -0.25) is 10.1 Å². The number of hydrogen-bond acceptors (Lipinski definition) is 5. The van der Waals surface area contributed by atoms with Crippen molar-refractivity contribution in [2.75, 3.05) is 18.5 Å². The maximum Gasteiger partial charge on any atom is 0.333 e. The molecule has 0 unspecified atom stereocenters.